The Morgan fingerprint density at radius 2 is 1.44 bits per heavy atom. The van der Waals surface area contributed by atoms with Crippen molar-refractivity contribution in [2.24, 2.45) is 0 Å². The number of alkyl halides is 5. The van der Waals surface area contributed by atoms with E-state index in [2.05, 4.69) is 0 Å². The van der Waals surface area contributed by atoms with Crippen molar-refractivity contribution >= 4 is 23.3 Å². The van der Waals surface area contributed by atoms with E-state index in [9.17, 15) is 31.5 Å². The third-order valence-corrected chi connectivity index (χ3v) is 5.96. The zero-order valence-electron chi connectivity index (χ0n) is 21.9. The van der Waals surface area contributed by atoms with Gasteiger partial charge in [-0.15, -0.1) is 0 Å². The number of anilines is 2. The van der Waals surface area contributed by atoms with Gasteiger partial charge in [-0.1, -0.05) is 18.2 Å². The molecule has 12 heteroatoms. The molecular formula is C29H29F5N2O5. The lowest BCUT2D eigenvalue weighted by Gasteiger charge is -2.19. The second kappa shape index (κ2) is 13.8. The first-order chi connectivity index (χ1) is 19.3. The molecule has 0 fully saturated rings. The molecule has 0 aromatic heterocycles. The summed E-state index contributed by atoms with van der Waals surface area (Å²) in [4.78, 5) is 24.5. The van der Waals surface area contributed by atoms with Gasteiger partial charge < -0.3 is 25.7 Å². The molecule has 0 aliphatic heterocycles. The smallest absolute Gasteiger partial charge is 0.453 e. The van der Waals surface area contributed by atoms with Gasteiger partial charge in [-0.2, -0.15) is 22.0 Å². The molecule has 0 aliphatic rings. The molecule has 0 unspecified atom stereocenters. The maximum atomic E-state index is 12.9. The normalized spacial score (nSPS) is 11.6. The number of halogens is 5. The number of aryl methyl sites for hydroxylation is 1. The van der Waals surface area contributed by atoms with Crippen molar-refractivity contribution in [1.82, 2.24) is 0 Å². The molecule has 3 rings (SSSR count). The van der Waals surface area contributed by atoms with E-state index in [1.165, 1.54) is 24.3 Å². The van der Waals surface area contributed by atoms with Crippen LogP contribution in [0.2, 0.25) is 0 Å². The highest BCUT2D eigenvalue weighted by Gasteiger charge is 2.56. The SMILES string of the molecule is Nc1ccc(CCOC(=O)CCc2ccc(OC(=O)c3ccc(OCCCC(F)(F)C(F)(F)F)cc3)cc2)c(N)c1. The number of carbonyl (C=O) groups is 2. The Morgan fingerprint density at radius 3 is 2.07 bits per heavy atom. The summed E-state index contributed by atoms with van der Waals surface area (Å²) in [7, 11) is 0. The summed E-state index contributed by atoms with van der Waals surface area (Å²) >= 11 is 0. The number of hydrogen-bond acceptors (Lipinski definition) is 7. The van der Waals surface area contributed by atoms with Crippen LogP contribution in [-0.4, -0.2) is 37.3 Å². The molecule has 4 N–H and O–H groups in total. The second-order valence-corrected chi connectivity index (χ2v) is 9.14. The van der Waals surface area contributed by atoms with Crippen LogP contribution in [0.4, 0.5) is 33.3 Å². The summed E-state index contributed by atoms with van der Waals surface area (Å²) in [6.45, 7) is -0.159. The average molecular weight is 581 g/mol. The van der Waals surface area contributed by atoms with Crippen LogP contribution in [0.1, 0.15) is 40.7 Å². The Labute approximate surface area is 233 Å². The first-order valence-corrected chi connectivity index (χ1v) is 12.6. The molecule has 0 spiro atoms. The highest BCUT2D eigenvalue weighted by molar-refractivity contribution is 5.91. The number of esters is 2. The zero-order chi connectivity index (χ0) is 30.0. The minimum atomic E-state index is -5.60. The number of carbonyl (C=O) groups excluding carboxylic acids is 2. The Balaban J connectivity index is 1.37. The van der Waals surface area contributed by atoms with Gasteiger partial charge in [0.15, 0.2) is 0 Å². The van der Waals surface area contributed by atoms with Crippen molar-refractivity contribution in [3.8, 4) is 11.5 Å². The van der Waals surface area contributed by atoms with Crippen LogP contribution < -0.4 is 20.9 Å². The van der Waals surface area contributed by atoms with Gasteiger partial charge in [-0.25, -0.2) is 4.79 Å². The quantitative estimate of drug-likeness (QED) is 0.0820. The van der Waals surface area contributed by atoms with E-state index in [0.717, 1.165) is 11.1 Å². The van der Waals surface area contributed by atoms with Crippen molar-refractivity contribution in [2.45, 2.75) is 44.2 Å². The minimum Gasteiger partial charge on any atom is -0.494 e. The molecule has 3 aromatic rings. The molecule has 0 saturated carbocycles. The van der Waals surface area contributed by atoms with Gasteiger partial charge in [0.1, 0.15) is 11.5 Å². The fraction of sp³-hybridized carbons (Fsp3) is 0.310. The van der Waals surface area contributed by atoms with Gasteiger partial charge in [-0.05, 0) is 72.5 Å². The van der Waals surface area contributed by atoms with Crippen LogP contribution in [0.5, 0.6) is 11.5 Å². The van der Waals surface area contributed by atoms with Crippen LogP contribution in [0.15, 0.2) is 66.7 Å². The summed E-state index contributed by atoms with van der Waals surface area (Å²) in [5.74, 6) is -5.33. The van der Waals surface area contributed by atoms with Crippen LogP contribution in [0.3, 0.4) is 0 Å². The first kappa shape index (κ1) is 31.2. The molecule has 0 amide bonds. The van der Waals surface area contributed by atoms with Gasteiger partial charge in [0, 0.05) is 30.6 Å². The van der Waals surface area contributed by atoms with E-state index >= 15 is 0 Å². The van der Waals surface area contributed by atoms with Crippen LogP contribution in [0, 0.1) is 0 Å². The summed E-state index contributed by atoms with van der Waals surface area (Å²) in [6, 6.07) is 17.3. The predicted octanol–water partition coefficient (Wildman–Crippen LogP) is 6.15. The van der Waals surface area contributed by atoms with E-state index in [0.29, 0.717) is 24.2 Å². The van der Waals surface area contributed by atoms with E-state index in [-0.39, 0.29) is 42.7 Å². The van der Waals surface area contributed by atoms with Crippen molar-refractivity contribution in [1.29, 1.82) is 0 Å². The summed E-state index contributed by atoms with van der Waals surface area (Å²) in [5.41, 5.74) is 14.5. The Kier molecular flexibility index (Phi) is 10.5. The van der Waals surface area contributed by atoms with E-state index in [4.69, 9.17) is 25.7 Å². The zero-order valence-corrected chi connectivity index (χ0v) is 21.9. The van der Waals surface area contributed by atoms with E-state index in [1.807, 2.05) is 0 Å². The van der Waals surface area contributed by atoms with Crippen LogP contribution in [0.25, 0.3) is 0 Å². The number of ether oxygens (including phenoxy) is 3. The number of hydrogen-bond donors (Lipinski definition) is 2. The first-order valence-electron chi connectivity index (χ1n) is 12.6. The Morgan fingerprint density at radius 1 is 0.780 bits per heavy atom. The topological polar surface area (TPSA) is 114 Å². The maximum absolute atomic E-state index is 12.9. The fourth-order valence-corrected chi connectivity index (χ4v) is 3.64. The second-order valence-electron chi connectivity index (χ2n) is 9.14. The van der Waals surface area contributed by atoms with Gasteiger partial charge >= 0.3 is 24.0 Å². The molecular weight excluding hydrogens is 551 g/mol. The van der Waals surface area contributed by atoms with E-state index in [1.54, 1.807) is 42.5 Å². The monoisotopic (exact) mass is 580 g/mol. The van der Waals surface area contributed by atoms with Crippen molar-refractivity contribution in [3.05, 3.63) is 83.4 Å². The Hall–Kier alpha value is -4.35. The summed E-state index contributed by atoms with van der Waals surface area (Å²) in [6.07, 6.45) is -6.43. The molecule has 7 nitrogen and oxygen atoms in total. The summed E-state index contributed by atoms with van der Waals surface area (Å²) < 4.78 is 78.2. The number of rotatable bonds is 13. The lowest BCUT2D eigenvalue weighted by atomic mass is 10.1. The molecule has 220 valence electrons. The molecule has 0 aliphatic carbocycles. The van der Waals surface area contributed by atoms with E-state index < -0.39 is 30.9 Å². The molecule has 0 saturated heterocycles. The predicted molar refractivity (Wildman–Crippen MR) is 142 cm³/mol. The maximum Gasteiger partial charge on any atom is 0.453 e. The lowest BCUT2D eigenvalue weighted by Crippen LogP contribution is -2.36. The third-order valence-electron chi connectivity index (χ3n) is 5.96. The largest absolute Gasteiger partial charge is 0.494 e. The van der Waals surface area contributed by atoms with Gasteiger partial charge in [0.25, 0.3) is 0 Å². The van der Waals surface area contributed by atoms with Crippen molar-refractivity contribution in [2.75, 3.05) is 24.7 Å². The Bertz CT molecular complexity index is 1310. The highest BCUT2D eigenvalue weighted by Crippen LogP contribution is 2.38. The molecule has 41 heavy (non-hydrogen) atoms. The van der Waals surface area contributed by atoms with Crippen molar-refractivity contribution in [3.63, 3.8) is 0 Å². The molecule has 0 bridgehead atoms. The van der Waals surface area contributed by atoms with Crippen LogP contribution >= 0.6 is 0 Å². The summed E-state index contributed by atoms with van der Waals surface area (Å²) in [5, 5.41) is 0. The highest BCUT2D eigenvalue weighted by atomic mass is 19.4. The standard InChI is InChI=1S/C29H29F5N2O5/c30-28(31,29(32,33)34)15-1-16-39-23-11-6-21(7-12-23)27(38)41-24-9-2-19(3-10-24)4-13-26(37)40-17-14-20-5-8-22(35)18-25(20)36/h2-3,5-12,18H,1,4,13-17,35-36H2. The third kappa shape index (κ3) is 9.66. The fourth-order valence-electron chi connectivity index (χ4n) is 3.64. The van der Waals surface area contributed by atoms with Crippen LogP contribution in [-0.2, 0) is 22.4 Å². The molecule has 0 radical (unpaired) electrons. The average Bonchev–Trinajstić information content (AvgIpc) is 2.91. The number of nitrogen functional groups attached to an aromatic ring is 2. The lowest BCUT2D eigenvalue weighted by molar-refractivity contribution is -0.284. The van der Waals surface area contributed by atoms with Gasteiger partial charge in [-0.3, -0.25) is 4.79 Å². The molecule has 3 aromatic carbocycles. The molecule has 0 atom stereocenters. The number of benzene rings is 3. The number of nitrogens with two attached hydrogens (primary N) is 2. The van der Waals surface area contributed by atoms with Gasteiger partial charge in [0.2, 0.25) is 0 Å². The minimum absolute atomic E-state index is 0.162. The van der Waals surface area contributed by atoms with Crippen molar-refractivity contribution < 1.29 is 45.8 Å². The van der Waals surface area contributed by atoms with Gasteiger partial charge in [0.05, 0.1) is 18.8 Å². The molecule has 0 heterocycles.